The van der Waals surface area contributed by atoms with Gasteiger partial charge in [-0.2, -0.15) is 5.10 Å². The fourth-order valence-electron chi connectivity index (χ4n) is 2.53. The minimum atomic E-state index is 0.733. The van der Waals surface area contributed by atoms with E-state index in [-0.39, 0.29) is 0 Å². The van der Waals surface area contributed by atoms with Crippen LogP contribution in [-0.2, 0) is 6.54 Å². The third kappa shape index (κ3) is 3.82. The lowest BCUT2D eigenvalue weighted by atomic mass is 10.2. The van der Waals surface area contributed by atoms with Crippen LogP contribution in [0.5, 0.6) is 0 Å². The number of hydrogen-bond acceptors (Lipinski definition) is 3. The largest absolute Gasteiger partial charge is 0.315 e. The van der Waals surface area contributed by atoms with Crippen molar-refractivity contribution >= 4 is 0 Å². The summed E-state index contributed by atoms with van der Waals surface area (Å²) >= 11 is 0. The van der Waals surface area contributed by atoms with Crippen LogP contribution in [-0.4, -0.2) is 46.9 Å². The van der Waals surface area contributed by atoms with E-state index in [9.17, 15) is 0 Å². The summed E-state index contributed by atoms with van der Waals surface area (Å²) in [6.45, 7) is 7.89. The average Bonchev–Trinajstić information content (AvgIpc) is 2.97. The van der Waals surface area contributed by atoms with E-state index in [2.05, 4.69) is 22.2 Å². The molecular formula is C13H24N4. The maximum Gasteiger partial charge on any atom is 0.0536 e. The van der Waals surface area contributed by atoms with Crippen LogP contribution >= 0.6 is 0 Å². The van der Waals surface area contributed by atoms with Crippen molar-refractivity contribution in [2.75, 3.05) is 26.2 Å². The fraction of sp³-hybridized carbons (Fsp3) is 0.769. The maximum absolute atomic E-state index is 4.25. The zero-order valence-corrected chi connectivity index (χ0v) is 10.8. The molecule has 1 aliphatic rings. The highest BCUT2D eigenvalue weighted by molar-refractivity contribution is 4.82. The summed E-state index contributed by atoms with van der Waals surface area (Å²) in [5.74, 6) is 0. The third-order valence-electron chi connectivity index (χ3n) is 3.48. The van der Waals surface area contributed by atoms with Crippen molar-refractivity contribution in [1.82, 2.24) is 20.0 Å². The molecular weight excluding hydrogens is 212 g/mol. The molecule has 2 rings (SSSR count). The van der Waals surface area contributed by atoms with Crippen LogP contribution in [0.2, 0.25) is 0 Å². The second-order valence-corrected chi connectivity index (χ2v) is 4.81. The van der Waals surface area contributed by atoms with Gasteiger partial charge < -0.3 is 5.32 Å². The molecule has 1 aliphatic heterocycles. The van der Waals surface area contributed by atoms with E-state index >= 15 is 0 Å². The minimum Gasteiger partial charge on any atom is -0.315 e. The molecule has 1 atom stereocenters. The summed E-state index contributed by atoms with van der Waals surface area (Å²) in [4.78, 5) is 2.60. The Hall–Kier alpha value is -0.870. The van der Waals surface area contributed by atoms with E-state index in [4.69, 9.17) is 0 Å². The van der Waals surface area contributed by atoms with E-state index in [1.54, 1.807) is 0 Å². The second-order valence-electron chi connectivity index (χ2n) is 4.81. The zero-order chi connectivity index (χ0) is 11.9. The highest BCUT2D eigenvalue weighted by atomic mass is 15.3. The molecule has 0 aromatic carbocycles. The second kappa shape index (κ2) is 6.77. The predicted octanol–water partition coefficient (Wildman–Crippen LogP) is 1.35. The first-order chi connectivity index (χ1) is 8.40. The molecule has 0 bridgehead atoms. The lowest BCUT2D eigenvalue weighted by Gasteiger charge is -2.24. The first kappa shape index (κ1) is 12.6. The van der Waals surface area contributed by atoms with Gasteiger partial charge in [0, 0.05) is 31.5 Å². The number of likely N-dealkylation sites (tertiary alicyclic amines) is 1. The van der Waals surface area contributed by atoms with Crippen LogP contribution in [0.4, 0.5) is 0 Å². The maximum atomic E-state index is 4.25. The Bertz CT molecular complexity index is 296. The van der Waals surface area contributed by atoms with Gasteiger partial charge >= 0.3 is 0 Å². The molecule has 17 heavy (non-hydrogen) atoms. The number of rotatable bonds is 7. The minimum absolute atomic E-state index is 0.733. The molecule has 0 amide bonds. The van der Waals surface area contributed by atoms with Crippen molar-refractivity contribution in [3.8, 4) is 0 Å². The quantitative estimate of drug-likeness (QED) is 0.725. The Morgan fingerprint density at radius 1 is 1.41 bits per heavy atom. The molecule has 4 nitrogen and oxygen atoms in total. The van der Waals surface area contributed by atoms with Gasteiger partial charge in [0.15, 0.2) is 0 Å². The van der Waals surface area contributed by atoms with Crippen LogP contribution in [0.1, 0.15) is 26.2 Å². The van der Waals surface area contributed by atoms with E-state index in [1.165, 1.54) is 25.8 Å². The summed E-state index contributed by atoms with van der Waals surface area (Å²) in [7, 11) is 0. The van der Waals surface area contributed by atoms with Gasteiger partial charge in [-0.05, 0) is 38.4 Å². The molecule has 1 unspecified atom stereocenters. The Morgan fingerprint density at radius 3 is 3.12 bits per heavy atom. The van der Waals surface area contributed by atoms with Crippen LogP contribution in [0, 0.1) is 0 Å². The predicted molar refractivity (Wildman–Crippen MR) is 70.0 cm³/mol. The van der Waals surface area contributed by atoms with Crippen LogP contribution < -0.4 is 5.32 Å². The standard InChI is InChI=1S/C13H24N4/c1-2-6-14-12-13-5-3-8-16(13)10-11-17-9-4-7-15-17/h4,7,9,13-14H,2-3,5-6,8,10-12H2,1H3. The van der Waals surface area contributed by atoms with Crippen LogP contribution in [0.3, 0.4) is 0 Å². The highest BCUT2D eigenvalue weighted by Gasteiger charge is 2.23. The van der Waals surface area contributed by atoms with Gasteiger partial charge in [-0.3, -0.25) is 9.58 Å². The first-order valence-electron chi connectivity index (χ1n) is 6.82. The smallest absolute Gasteiger partial charge is 0.0536 e. The monoisotopic (exact) mass is 236 g/mol. The third-order valence-corrected chi connectivity index (χ3v) is 3.48. The summed E-state index contributed by atoms with van der Waals surface area (Å²) in [5, 5.41) is 7.79. The van der Waals surface area contributed by atoms with E-state index in [0.29, 0.717) is 0 Å². The molecule has 1 N–H and O–H groups in total. The van der Waals surface area contributed by atoms with Gasteiger partial charge in [0.25, 0.3) is 0 Å². The molecule has 0 radical (unpaired) electrons. The normalized spacial score (nSPS) is 21.1. The van der Waals surface area contributed by atoms with E-state index < -0.39 is 0 Å². The lowest BCUT2D eigenvalue weighted by molar-refractivity contribution is 0.235. The molecule has 96 valence electrons. The van der Waals surface area contributed by atoms with Gasteiger partial charge in [0.2, 0.25) is 0 Å². The molecule has 0 saturated carbocycles. The van der Waals surface area contributed by atoms with Crippen molar-refractivity contribution < 1.29 is 0 Å². The Kier molecular flexibility index (Phi) is 5.01. The Labute approximate surface area is 104 Å². The SMILES string of the molecule is CCCNCC1CCCN1CCn1cccn1. The fourth-order valence-corrected chi connectivity index (χ4v) is 2.53. The van der Waals surface area contributed by atoms with Crippen molar-refractivity contribution in [3.63, 3.8) is 0 Å². The molecule has 2 heterocycles. The summed E-state index contributed by atoms with van der Waals surface area (Å²) in [5.41, 5.74) is 0. The topological polar surface area (TPSA) is 33.1 Å². The van der Waals surface area contributed by atoms with Crippen molar-refractivity contribution in [2.45, 2.75) is 38.8 Å². The highest BCUT2D eigenvalue weighted by Crippen LogP contribution is 2.16. The van der Waals surface area contributed by atoms with Crippen LogP contribution in [0.25, 0.3) is 0 Å². The number of hydrogen-bond donors (Lipinski definition) is 1. The van der Waals surface area contributed by atoms with Crippen molar-refractivity contribution in [2.24, 2.45) is 0 Å². The van der Waals surface area contributed by atoms with Gasteiger partial charge in [-0.25, -0.2) is 0 Å². The lowest BCUT2D eigenvalue weighted by Crippen LogP contribution is -2.39. The zero-order valence-electron chi connectivity index (χ0n) is 10.8. The van der Waals surface area contributed by atoms with Gasteiger partial charge in [-0.1, -0.05) is 6.92 Å². The van der Waals surface area contributed by atoms with Crippen molar-refractivity contribution in [1.29, 1.82) is 0 Å². The molecule has 1 aromatic heterocycles. The Morgan fingerprint density at radius 2 is 2.35 bits per heavy atom. The van der Waals surface area contributed by atoms with Gasteiger partial charge in [0.1, 0.15) is 0 Å². The molecule has 1 aromatic rings. The summed E-state index contributed by atoms with van der Waals surface area (Å²) in [6, 6.07) is 2.72. The molecule has 4 heteroatoms. The van der Waals surface area contributed by atoms with Gasteiger partial charge in [0.05, 0.1) is 6.54 Å². The average molecular weight is 236 g/mol. The Balaban J connectivity index is 1.71. The van der Waals surface area contributed by atoms with E-state index in [1.807, 2.05) is 23.1 Å². The van der Waals surface area contributed by atoms with Gasteiger partial charge in [-0.15, -0.1) is 0 Å². The summed E-state index contributed by atoms with van der Waals surface area (Å²) in [6.07, 6.45) is 7.80. The molecule has 1 fully saturated rings. The molecule has 0 aliphatic carbocycles. The number of nitrogens with zero attached hydrogens (tertiary/aromatic N) is 3. The van der Waals surface area contributed by atoms with E-state index in [0.717, 1.165) is 32.2 Å². The molecule has 0 spiro atoms. The first-order valence-corrected chi connectivity index (χ1v) is 6.82. The number of aromatic nitrogens is 2. The number of nitrogens with one attached hydrogen (secondary N) is 1. The van der Waals surface area contributed by atoms with Crippen molar-refractivity contribution in [3.05, 3.63) is 18.5 Å². The van der Waals surface area contributed by atoms with Crippen LogP contribution in [0.15, 0.2) is 18.5 Å². The summed E-state index contributed by atoms with van der Waals surface area (Å²) < 4.78 is 2.02. The molecule has 1 saturated heterocycles.